The van der Waals surface area contributed by atoms with Crippen LogP contribution in [0.15, 0.2) is 6.07 Å². The molecule has 6 heteroatoms. The molecular formula is C14H23N5O. The molecular weight excluding hydrogens is 254 g/mol. The SMILES string of the molecule is CCN(CC)c1cc(C)nc(N2CCN(C=O)CC2)n1. The Hall–Kier alpha value is -1.85. The van der Waals surface area contributed by atoms with E-state index >= 15 is 0 Å². The van der Waals surface area contributed by atoms with Gasteiger partial charge in [-0.05, 0) is 20.8 Å². The molecule has 2 heterocycles. The van der Waals surface area contributed by atoms with Crippen LogP contribution in [0.25, 0.3) is 0 Å². The smallest absolute Gasteiger partial charge is 0.227 e. The number of amides is 1. The van der Waals surface area contributed by atoms with Gasteiger partial charge in [-0.2, -0.15) is 4.98 Å². The van der Waals surface area contributed by atoms with E-state index < -0.39 is 0 Å². The Morgan fingerprint density at radius 1 is 1.20 bits per heavy atom. The van der Waals surface area contributed by atoms with Crippen LogP contribution in [0, 0.1) is 6.92 Å². The van der Waals surface area contributed by atoms with Crippen LogP contribution in [0.4, 0.5) is 11.8 Å². The lowest BCUT2D eigenvalue weighted by atomic mass is 10.3. The lowest BCUT2D eigenvalue weighted by molar-refractivity contribution is -0.118. The Morgan fingerprint density at radius 3 is 2.40 bits per heavy atom. The van der Waals surface area contributed by atoms with Gasteiger partial charge in [0.25, 0.3) is 0 Å². The van der Waals surface area contributed by atoms with Gasteiger partial charge in [-0.25, -0.2) is 4.98 Å². The molecule has 6 nitrogen and oxygen atoms in total. The summed E-state index contributed by atoms with van der Waals surface area (Å²) in [4.78, 5) is 26.1. The van der Waals surface area contributed by atoms with Crippen molar-refractivity contribution < 1.29 is 4.79 Å². The molecule has 0 N–H and O–H groups in total. The number of carbonyl (C=O) groups excluding carboxylic acids is 1. The van der Waals surface area contributed by atoms with E-state index in [0.717, 1.165) is 63.1 Å². The van der Waals surface area contributed by atoms with Gasteiger partial charge in [-0.3, -0.25) is 4.79 Å². The Morgan fingerprint density at radius 2 is 1.85 bits per heavy atom. The number of hydrogen-bond acceptors (Lipinski definition) is 5. The number of piperazine rings is 1. The average Bonchev–Trinajstić information content (AvgIpc) is 2.48. The summed E-state index contributed by atoms with van der Waals surface area (Å²) >= 11 is 0. The molecule has 110 valence electrons. The summed E-state index contributed by atoms with van der Waals surface area (Å²) in [5, 5.41) is 0. The van der Waals surface area contributed by atoms with Crippen molar-refractivity contribution in [2.45, 2.75) is 20.8 Å². The molecule has 1 aliphatic rings. The molecule has 1 fully saturated rings. The molecule has 0 aromatic carbocycles. The molecule has 20 heavy (non-hydrogen) atoms. The molecule has 1 aromatic rings. The minimum atomic E-state index is 0.738. The summed E-state index contributed by atoms with van der Waals surface area (Å²) in [5.41, 5.74) is 0.981. The zero-order valence-corrected chi connectivity index (χ0v) is 12.5. The first-order valence-electron chi connectivity index (χ1n) is 7.22. The van der Waals surface area contributed by atoms with Crippen molar-refractivity contribution in [2.75, 3.05) is 49.1 Å². The number of hydrogen-bond donors (Lipinski definition) is 0. The molecule has 1 aromatic heterocycles. The van der Waals surface area contributed by atoms with Gasteiger partial charge < -0.3 is 14.7 Å². The van der Waals surface area contributed by atoms with E-state index in [2.05, 4.69) is 33.6 Å². The molecule has 0 saturated carbocycles. The van der Waals surface area contributed by atoms with E-state index in [0.29, 0.717) is 0 Å². The fourth-order valence-corrected chi connectivity index (χ4v) is 2.41. The van der Waals surface area contributed by atoms with Gasteiger partial charge in [0.2, 0.25) is 12.4 Å². The maximum atomic E-state index is 10.7. The molecule has 0 bridgehead atoms. The van der Waals surface area contributed by atoms with Crippen LogP contribution in [0.5, 0.6) is 0 Å². The number of rotatable bonds is 5. The van der Waals surface area contributed by atoms with Gasteiger partial charge in [0.1, 0.15) is 5.82 Å². The highest BCUT2D eigenvalue weighted by Gasteiger charge is 2.19. The van der Waals surface area contributed by atoms with Gasteiger partial charge in [-0.1, -0.05) is 0 Å². The highest BCUT2D eigenvalue weighted by atomic mass is 16.1. The molecule has 0 atom stereocenters. The van der Waals surface area contributed by atoms with Crippen LogP contribution in [0.3, 0.4) is 0 Å². The molecule has 0 radical (unpaired) electrons. The zero-order chi connectivity index (χ0) is 14.5. The van der Waals surface area contributed by atoms with Crippen molar-refractivity contribution in [2.24, 2.45) is 0 Å². The number of aryl methyl sites for hydroxylation is 1. The van der Waals surface area contributed by atoms with Crippen LogP contribution >= 0.6 is 0 Å². The predicted octanol–water partition coefficient (Wildman–Crippen LogP) is 0.910. The zero-order valence-electron chi connectivity index (χ0n) is 12.5. The van der Waals surface area contributed by atoms with Crippen LogP contribution in [0.1, 0.15) is 19.5 Å². The summed E-state index contributed by atoms with van der Waals surface area (Å²) in [5.74, 6) is 1.76. The van der Waals surface area contributed by atoms with Crippen molar-refractivity contribution in [3.05, 3.63) is 11.8 Å². The third-order valence-electron chi connectivity index (χ3n) is 3.66. The third kappa shape index (κ3) is 3.18. The van der Waals surface area contributed by atoms with E-state index in [-0.39, 0.29) is 0 Å². The first-order valence-corrected chi connectivity index (χ1v) is 7.22. The number of aromatic nitrogens is 2. The summed E-state index contributed by atoms with van der Waals surface area (Å²) in [6.07, 6.45) is 0.912. The molecule has 1 aliphatic heterocycles. The first-order chi connectivity index (χ1) is 9.67. The molecule has 1 amide bonds. The van der Waals surface area contributed by atoms with E-state index in [1.807, 2.05) is 13.0 Å². The fourth-order valence-electron chi connectivity index (χ4n) is 2.41. The normalized spacial score (nSPS) is 15.3. The summed E-state index contributed by atoms with van der Waals surface area (Å²) in [6.45, 7) is 11.2. The Kier molecular flexibility index (Phi) is 4.76. The highest BCUT2D eigenvalue weighted by Crippen LogP contribution is 2.18. The van der Waals surface area contributed by atoms with Gasteiger partial charge in [0.05, 0.1) is 0 Å². The van der Waals surface area contributed by atoms with Crippen LogP contribution in [-0.2, 0) is 4.79 Å². The second kappa shape index (κ2) is 6.54. The minimum absolute atomic E-state index is 0.738. The van der Waals surface area contributed by atoms with Crippen molar-refractivity contribution in [3.63, 3.8) is 0 Å². The van der Waals surface area contributed by atoms with Crippen LogP contribution < -0.4 is 9.80 Å². The molecule has 0 unspecified atom stereocenters. The summed E-state index contributed by atoms with van der Waals surface area (Å²) < 4.78 is 0. The van der Waals surface area contributed by atoms with Gasteiger partial charge in [-0.15, -0.1) is 0 Å². The molecule has 0 spiro atoms. The van der Waals surface area contributed by atoms with E-state index in [1.54, 1.807) is 4.90 Å². The largest absolute Gasteiger partial charge is 0.357 e. The van der Waals surface area contributed by atoms with E-state index in [4.69, 9.17) is 0 Å². The Bertz CT molecular complexity index is 453. The second-order valence-corrected chi connectivity index (χ2v) is 4.97. The van der Waals surface area contributed by atoms with Gasteiger partial charge in [0.15, 0.2) is 0 Å². The Balaban J connectivity index is 2.18. The summed E-state index contributed by atoms with van der Waals surface area (Å²) in [7, 11) is 0. The second-order valence-electron chi connectivity index (χ2n) is 4.97. The van der Waals surface area contributed by atoms with Gasteiger partial charge >= 0.3 is 0 Å². The van der Waals surface area contributed by atoms with Crippen molar-refractivity contribution in [1.29, 1.82) is 0 Å². The quantitative estimate of drug-likeness (QED) is 0.749. The monoisotopic (exact) mass is 277 g/mol. The highest BCUT2D eigenvalue weighted by molar-refractivity contribution is 5.49. The lowest BCUT2D eigenvalue weighted by Crippen LogP contribution is -2.46. The maximum absolute atomic E-state index is 10.7. The van der Waals surface area contributed by atoms with Crippen molar-refractivity contribution in [1.82, 2.24) is 14.9 Å². The van der Waals surface area contributed by atoms with Crippen molar-refractivity contribution >= 4 is 18.2 Å². The topological polar surface area (TPSA) is 52.6 Å². The van der Waals surface area contributed by atoms with Crippen LogP contribution in [-0.4, -0.2) is 60.5 Å². The first kappa shape index (κ1) is 14.6. The van der Waals surface area contributed by atoms with E-state index in [1.165, 1.54) is 0 Å². The third-order valence-corrected chi connectivity index (χ3v) is 3.66. The minimum Gasteiger partial charge on any atom is -0.357 e. The maximum Gasteiger partial charge on any atom is 0.227 e. The van der Waals surface area contributed by atoms with Gasteiger partial charge in [0, 0.05) is 51.0 Å². The number of carbonyl (C=O) groups is 1. The van der Waals surface area contributed by atoms with Crippen molar-refractivity contribution in [3.8, 4) is 0 Å². The average molecular weight is 277 g/mol. The van der Waals surface area contributed by atoms with E-state index in [9.17, 15) is 4.79 Å². The standard InChI is InChI=1S/C14H23N5O/c1-4-18(5-2)13-10-12(3)15-14(16-13)19-8-6-17(11-20)7-9-19/h10-11H,4-9H2,1-3H3. The predicted molar refractivity (Wildman–Crippen MR) is 80.2 cm³/mol. The fraction of sp³-hybridized carbons (Fsp3) is 0.643. The molecule has 1 saturated heterocycles. The molecule has 0 aliphatic carbocycles. The summed E-state index contributed by atoms with van der Waals surface area (Å²) in [6, 6.07) is 2.03. The Labute approximate surface area is 120 Å². The van der Waals surface area contributed by atoms with Crippen LogP contribution in [0.2, 0.25) is 0 Å². The number of nitrogens with zero attached hydrogens (tertiary/aromatic N) is 5. The molecule has 2 rings (SSSR count). The lowest BCUT2D eigenvalue weighted by Gasteiger charge is -2.33. The number of anilines is 2.